The van der Waals surface area contributed by atoms with E-state index in [4.69, 9.17) is 0 Å². The average Bonchev–Trinajstić information content (AvgIpc) is 3.15. The van der Waals surface area contributed by atoms with Crippen molar-refractivity contribution in [2.45, 2.75) is 46.1 Å². The molecule has 1 amide bonds. The monoisotopic (exact) mass is 274 g/mol. The topological polar surface area (TPSA) is 59.1 Å². The summed E-state index contributed by atoms with van der Waals surface area (Å²) < 4.78 is 0. The van der Waals surface area contributed by atoms with Crippen molar-refractivity contribution in [1.29, 1.82) is 0 Å². The molecule has 0 aromatic carbocycles. The lowest BCUT2D eigenvalue weighted by molar-refractivity contribution is -0.129. The predicted molar refractivity (Wildman–Crippen MR) is 77.2 cm³/mol. The molecule has 20 heavy (non-hydrogen) atoms. The van der Waals surface area contributed by atoms with Gasteiger partial charge >= 0.3 is 0 Å². The molecule has 0 radical (unpaired) electrons. The fourth-order valence-corrected chi connectivity index (χ4v) is 2.63. The Morgan fingerprint density at radius 3 is 2.60 bits per heavy atom. The summed E-state index contributed by atoms with van der Waals surface area (Å²) in [5.74, 6) is 0.207. The highest BCUT2D eigenvalue weighted by molar-refractivity contribution is 5.90. The van der Waals surface area contributed by atoms with Crippen LogP contribution in [0.1, 0.15) is 45.6 Å². The Kier molecular flexibility index (Phi) is 3.93. The van der Waals surface area contributed by atoms with Gasteiger partial charge in [0.1, 0.15) is 0 Å². The molecule has 1 fully saturated rings. The minimum Gasteiger partial charge on any atom is -0.346 e. The standard InChI is InChI=1S/C16H22N2O2/c1-10(19)14(16(2,3)4)18-15(20)13-8-12(13)11-6-5-7-17-9-11/h5-7,9,12-14H,8H2,1-4H3,(H,18,20)/t12-,13?,14-/m1/s1. The van der Waals surface area contributed by atoms with Crippen molar-refractivity contribution in [2.75, 3.05) is 0 Å². The van der Waals surface area contributed by atoms with Gasteiger partial charge in [-0.3, -0.25) is 14.6 Å². The Morgan fingerprint density at radius 2 is 2.10 bits per heavy atom. The zero-order chi connectivity index (χ0) is 14.9. The maximum absolute atomic E-state index is 12.3. The first-order valence-electron chi connectivity index (χ1n) is 7.01. The molecule has 1 aromatic heterocycles. The highest BCUT2D eigenvalue weighted by atomic mass is 16.2. The van der Waals surface area contributed by atoms with Gasteiger partial charge in [0, 0.05) is 18.3 Å². The molecule has 0 spiro atoms. The lowest BCUT2D eigenvalue weighted by atomic mass is 9.84. The number of nitrogens with zero attached hydrogens (tertiary/aromatic N) is 1. The molecule has 2 rings (SSSR count). The first-order valence-corrected chi connectivity index (χ1v) is 7.01. The predicted octanol–water partition coefficient (Wildman–Crippen LogP) is 2.30. The summed E-state index contributed by atoms with van der Waals surface area (Å²) in [5, 5.41) is 2.91. The van der Waals surface area contributed by atoms with E-state index in [0.717, 1.165) is 12.0 Å². The fourth-order valence-electron chi connectivity index (χ4n) is 2.63. The molecule has 1 heterocycles. The second-order valence-electron chi connectivity index (χ2n) is 6.65. The van der Waals surface area contributed by atoms with Crippen molar-refractivity contribution in [3.63, 3.8) is 0 Å². The molecule has 1 unspecified atom stereocenters. The number of nitrogens with one attached hydrogen (secondary N) is 1. The minimum atomic E-state index is -0.426. The number of ketones is 1. The van der Waals surface area contributed by atoms with Crippen LogP contribution in [-0.4, -0.2) is 22.7 Å². The smallest absolute Gasteiger partial charge is 0.224 e. The largest absolute Gasteiger partial charge is 0.346 e. The van der Waals surface area contributed by atoms with Crippen LogP contribution in [0.25, 0.3) is 0 Å². The molecule has 1 aromatic rings. The fraction of sp³-hybridized carbons (Fsp3) is 0.562. The van der Waals surface area contributed by atoms with Crippen LogP contribution in [0.3, 0.4) is 0 Å². The number of hydrogen-bond acceptors (Lipinski definition) is 3. The van der Waals surface area contributed by atoms with Gasteiger partial charge in [-0.05, 0) is 36.3 Å². The Morgan fingerprint density at radius 1 is 1.40 bits per heavy atom. The quantitative estimate of drug-likeness (QED) is 0.916. The lowest BCUT2D eigenvalue weighted by Crippen LogP contribution is -2.48. The van der Waals surface area contributed by atoms with Crippen LogP contribution in [0.5, 0.6) is 0 Å². The average molecular weight is 274 g/mol. The summed E-state index contributed by atoms with van der Waals surface area (Å²) in [6.07, 6.45) is 4.38. The van der Waals surface area contributed by atoms with Crippen LogP contribution in [0.2, 0.25) is 0 Å². The molecule has 0 bridgehead atoms. The van der Waals surface area contributed by atoms with Gasteiger partial charge in [-0.1, -0.05) is 26.8 Å². The van der Waals surface area contributed by atoms with Gasteiger partial charge in [-0.25, -0.2) is 0 Å². The molecule has 3 atom stereocenters. The number of carbonyl (C=O) groups is 2. The van der Waals surface area contributed by atoms with E-state index in [1.807, 2.05) is 39.1 Å². The SMILES string of the molecule is CC(=O)[C@@H](NC(=O)C1C[C@@H]1c1cccnc1)C(C)(C)C. The van der Waals surface area contributed by atoms with Crippen LogP contribution in [0.15, 0.2) is 24.5 Å². The van der Waals surface area contributed by atoms with Gasteiger partial charge in [0.25, 0.3) is 0 Å². The Labute approximate surface area is 120 Å². The van der Waals surface area contributed by atoms with E-state index in [0.29, 0.717) is 0 Å². The van der Waals surface area contributed by atoms with Crippen LogP contribution >= 0.6 is 0 Å². The third kappa shape index (κ3) is 3.24. The molecule has 4 nitrogen and oxygen atoms in total. The number of carbonyl (C=O) groups excluding carboxylic acids is 2. The highest BCUT2D eigenvalue weighted by Gasteiger charge is 2.45. The minimum absolute atomic E-state index is 0.00410. The Hall–Kier alpha value is -1.71. The number of amides is 1. The highest BCUT2D eigenvalue weighted by Crippen LogP contribution is 2.47. The van der Waals surface area contributed by atoms with Crippen molar-refractivity contribution in [1.82, 2.24) is 10.3 Å². The van der Waals surface area contributed by atoms with E-state index in [1.54, 1.807) is 6.20 Å². The Balaban J connectivity index is 1.99. The van der Waals surface area contributed by atoms with Crippen molar-refractivity contribution >= 4 is 11.7 Å². The number of hydrogen-bond donors (Lipinski definition) is 1. The normalized spacial score (nSPS) is 23.0. The first-order chi connectivity index (χ1) is 9.30. The molecule has 0 saturated heterocycles. The molecule has 1 aliphatic rings. The number of aromatic nitrogens is 1. The second-order valence-corrected chi connectivity index (χ2v) is 6.65. The van der Waals surface area contributed by atoms with Gasteiger partial charge in [0.15, 0.2) is 5.78 Å². The lowest BCUT2D eigenvalue weighted by Gasteiger charge is -2.29. The van der Waals surface area contributed by atoms with Crippen LogP contribution in [0, 0.1) is 11.3 Å². The molecular weight excluding hydrogens is 252 g/mol. The summed E-state index contributed by atoms with van der Waals surface area (Å²) in [7, 11) is 0. The van der Waals surface area contributed by atoms with Crippen molar-refractivity contribution in [2.24, 2.45) is 11.3 Å². The maximum atomic E-state index is 12.3. The van der Waals surface area contributed by atoms with Gasteiger partial charge in [-0.15, -0.1) is 0 Å². The second kappa shape index (κ2) is 5.35. The summed E-state index contributed by atoms with van der Waals surface area (Å²) in [4.78, 5) is 28.0. The van der Waals surface area contributed by atoms with Crippen LogP contribution < -0.4 is 5.32 Å². The zero-order valence-electron chi connectivity index (χ0n) is 12.5. The maximum Gasteiger partial charge on any atom is 0.224 e. The summed E-state index contributed by atoms with van der Waals surface area (Å²) in [6, 6.07) is 3.46. The number of pyridine rings is 1. The zero-order valence-corrected chi connectivity index (χ0v) is 12.5. The van der Waals surface area contributed by atoms with E-state index in [9.17, 15) is 9.59 Å². The molecule has 1 saturated carbocycles. The molecule has 1 aliphatic carbocycles. The van der Waals surface area contributed by atoms with E-state index in [1.165, 1.54) is 6.92 Å². The van der Waals surface area contributed by atoms with E-state index >= 15 is 0 Å². The third-order valence-corrected chi connectivity index (χ3v) is 3.80. The summed E-state index contributed by atoms with van der Waals surface area (Å²) in [6.45, 7) is 7.42. The van der Waals surface area contributed by atoms with Gasteiger partial charge in [0.2, 0.25) is 5.91 Å². The molecule has 0 aliphatic heterocycles. The Bertz CT molecular complexity index is 505. The molecular formula is C16H22N2O2. The summed E-state index contributed by atoms with van der Waals surface area (Å²) in [5.41, 5.74) is 0.836. The van der Waals surface area contributed by atoms with E-state index < -0.39 is 6.04 Å². The van der Waals surface area contributed by atoms with Crippen molar-refractivity contribution in [3.05, 3.63) is 30.1 Å². The van der Waals surface area contributed by atoms with Crippen LogP contribution in [0.4, 0.5) is 0 Å². The summed E-state index contributed by atoms with van der Waals surface area (Å²) >= 11 is 0. The first kappa shape index (κ1) is 14.7. The van der Waals surface area contributed by atoms with E-state index in [-0.39, 0.29) is 28.9 Å². The van der Waals surface area contributed by atoms with Gasteiger partial charge in [0.05, 0.1) is 6.04 Å². The van der Waals surface area contributed by atoms with Crippen LogP contribution in [-0.2, 0) is 9.59 Å². The number of Topliss-reactive ketones (excluding diaryl/α,β-unsaturated/α-hetero) is 1. The van der Waals surface area contributed by atoms with Crippen molar-refractivity contribution in [3.8, 4) is 0 Å². The molecule has 4 heteroatoms. The van der Waals surface area contributed by atoms with Crippen molar-refractivity contribution < 1.29 is 9.59 Å². The molecule has 1 N–H and O–H groups in total. The van der Waals surface area contributed by atoms with E-state index in [2.05, 4.69) is 10.3 Å². The van der Waals surface area contributed by atoms with Gasteiger partial charge in [-0.2, -0.15) is 0 Å². The third-order valence-electron chi connectivity index (χ3n) is 3.80. The number of rotatable bonds is 4. The molecule has 108 valence electrons. The van der Waals surface area contributed by atoms with Gasteiger partial charge < -0.3 is 5.32 Å².